The molecular formula is C6H9NO3S. The third-order valence-corrected chi connectivity index (χ3v) is 2.26. The molecule has 1 atom stereocenters. The van der Waals surface area contributed by atoms with E-state index in [1.165, 1.54) is 18.7 Å². The highest BCUT2D eigenvalue weighted by Crippen LogP contribution is 2.27. The molecule has 0 N–H and O–H groups in total. The van der Waals surface area contributed by atoms with Crippen molar-refractivity contribution >= 4 is 23.6 Å². The molecule has 0 aromatic rings. The van der Waals surface area contributed by atoms with Crippen LogP contribution in [0.5, 0.6) is 0 Å². The molecule has 0 bridgehead atoms. The molecule has 1 unspecified atom stereocenters. The van der Waals surface area contributed by atoms with Crippen molar-refractivity contribution in [2.45, 2.75) is 18.7 Å². The monoisotopic (exact) mass is 175 g/mol. The van der Waals surface area contributed by atoms with Gasteiger partial charge in [-0.25, -0.2) is 0 Å². The highest BCUT2D eigenvalue weighted by atomic mass is 32.2. The minimum atomic E-state index is -0.447. The van der Waals surface area contributed by atoms with E-state index in [1.807, 2.05) is 6.26 Å². The van der Waals surface area contributed by atoms with Crippen LogP contribution in [0.1, 0.15) is 13.3 Å². The lowest BCUT2D eigenvalue weighted by Gasteiger charge is -2.35. The van der Waals surface area contributed by atoms with Crippen LogP contribution in [0.25, 0.3) is 0 Å². The summed E-state index contributed by atoms with van der Waals surface area (Å²) in [5.41, 5.74) is 0. The van der Waals surface area contributed by atoms with E-state index in [-0.39, 0.29) is 11.3 Å². The second-order valence-electron chi connectivity index (χ2n) is 2.20. The van der Waals surface area contributed by atoms with E-state index >= 15 is 0 Å². The highest BCUT2D eigenvalue weighted by molar-refractivity contribution is 7.99. The molecule has 0 aromatic carbocycles. The molecule has 5 heteroatoms. The van der Waals surface area contributed by atoms with Crippen LogP contribution in [0, 0.1) is 0 Å². The van der Waals surface area contributed by atoms with Gasteiger partial charge in [0.2, 0.25) is 0 Å². The van der Waals surface area contributed by atoms with E-state index in [9.17, 15) is 9.59 Å². The first-order valence-electron chi connectivity index (χ1n) is 3.18. The number of thioether (sulfide) groups is 1. The minimum Gasteiger partial charge on any atom is -0.337 e. The molecular weight excluding hydrogens is 166 g/mol. The summed E-state index contributed by atoms with van der Waals surface area (Å²) in [6, 6.07) is 0. The second-order valence-corrected chi connectivity index (χ2v) is 3.21. The Morgan fingerprint density at radius 2 is 2.45 bits per heavy atom. The zero-order valence-corrected chi connectivity index (χ0v) is 7.18. The molecule has 11 heavy (non-hydrogen) atoms. The molecule has 0 spiro atoms. The second kappa shape index (κ2) is 3.13. The van der Waals surface area contributed by atoms with Crippen LogP contribution in [0.15, 0.2) is 0 Å². The Balaban J connectivity index is 2.42. The number of hydrogen-bond donors (Lipinski definition) is 0. The number of nitrogens with zero attached hydrogens (tertiary/aromatic N) is 1. The maximum atomic E-state index is 10.8. The fraction of sp³-hybridized carbons (Fsp3) is 0.667. The Hall–Kier alpha value is -0.710. The van der Waals surface area contributed by atoms with Gasteiger partial charge in [-0.1, -0.05) is 0 Å². The first-order valence-corrected chi connectivity index (χ1v) is 4.47. The predicted molar refractivity (Wildman–Crippen MR) is 40.5 cm³/mol. The summed E-state index contributed by atoms with van der Waals surface area (Å²) in [7, 11) is 0. The van der Waals surface area contributed by atoms with Crippen LogP contribution < -0.4 is 0 Å². The molecule has 4 nitrogen and oxygen atoms in total. The molecule has 0 aromatic heterocycles. The molecule has 1 rings (SSSR count). The van der Waals surface area contributed by atoms with Crippen molar-refractivity contribution in [1.82, 2.24) is 5.06 Å². The quantitative estimate of drug-likeness (QED) is 0.569. The largest absolute Gasteiger partial charge is 0.337 e. The van der Waals surface area contributed by atoms with Crippen molar-refractivity contribution in [2.75, 3.05) is 6.26 Å². The fourth-order valence-corrected chi connectivity index (χ4v) is 1.46. The number of hydroxylamine groups is 2. The third kappa shape index (κ3) is 1.65. The van der Waals surface area contributed by atoms with E-state index < -0.39 is 5.97 Å². The maximum absolute atomic E-state index is 10.8. The number of amides is 1. The van der Waals surface area contributed by atoms with Crippen molar-refractivity contribution in [3.8, 4) is 0 Å². The van der Waals surface area contributed by atoms with Gasteiger partial charge in [0.05, 0.1) is 6.42 Å². The average molecular weight is 175 g/mol. The zero-order chi connectivity index (χ0) is 8.43. The highest BCUT2D eigenvalue weighted by Gasteiger charge is 2.38. The topological polar surface area (TPSA) is 46.6 Å². The van der Waals surface area contributed by atoms with Crippen LogP contribution in [0.2, 0.25) is 0 Å². The van der Waals surface area contributed by atoms with E-state index in [4.69, 9.17) is 0 Å². The minimum absolute atomic E-state index is 0.0198. The molecule has 0 radical (unpaired) electrons. The Morgan fingerprint density at radius 3 is 2.82 bits per heavy atom. The van der Waals surface area contributed by atoms with Gasteiger partial charge in [-0.15, -0.1) is 11.8 Å². The van der Waals surface area contributed by atoms with Crippen molar-refractivity contribution in [1.29, 1.82) is 0 Å². The van der Waals surface area contributed by atoms with E-state index in [1.54, 1.807) is 0 Å². The molecule has 1 fully saturated rings. The SMILES string of the molecule is CSC1CC(=O)N1OC(C)=O. The number of carbonyl (C=O) groups is 2. The standard InChI is InChI=1S/C6H9NO3S/c1-4(8)10-7-5(9)3-6(7)11-2/h6H,3H2,1-2H3. The lowest BCUT2D eigenvalue weighted by atomic mass is 10.2. The number of rotatable bonds is 2. The van der Waals surface area contributed by atoms with Gasteiger partial charge in [-0.3, -0.25) is 9.59 Å². The van der Waals surface area contributed by atoms with Crippen LogP contribution in [-0.2, 0) is 14.4 Å². The van der Waals surface area contributed by atoms with Crippen molar-refractivity contribution in [2.24, 2.45) is 0 Å². The zero-order valence-electron chi connectivity index (χ0n) is 6.36. The Labute approximate surface area is 68.8 Å². The van der Waals surface area contributed by atoms with E-state index in [0.29, 0.717) is 6.42 Å². The maximum Gasteiger partial charge on any atom is 0.329 e. The van der Waals surface area contributed by atoms with Gasteiger partial charge in [0.15, 0.2) is 0 Å². The third-order valence-electron chi connectivity index (χ3n) is 1.36. The van der Waals surface area contributed by atoms with Gasteiger partial charge in [0.25, 0.3) is 5.91 Å². The molecule has 1 aliphatic heterocycles. The number of carbonyl (C=O) groups excluding carboxylic acids is 2. The number of β-lactam (4-membered cyclic amide) rings is 1. The Kier molecular flexibility index (Phi) is 2.38. The summed E-state index contributed by atoms with van der Waals surface area (Å²) in [4.78, 5) is 25.8. The van der Waals surface area contributed by atoms with Crippen LogP contribution in [0.4, 0.5) is 0 Å². The summed E-state index contributed by atoms with van der Waals surface area (Å²) in [6.45, 7) is 1.28. The van der Waals surface area contributed by atoms with Crippen LogP contribution >= 0.6 is 11.8 Å². The Bertz CT molecular complexity index is 194. The average Bonchev–Trinajstić information content (AvgIpc) is 1.95. The lowest BCUT2D eigenvalue weighted by Crippen LogP contribution is -2.50. The van der Waals surface area contributed by atoms with Crippen LogP contribution in [-0.4, -0.2) is 28.6 Å². The summed E-state index contributed by atoms with van der Waals surface area (Å²) < 4.78 is 0. The van der Waals surface area contributed by atoms with Crippen molar-refractivity contribution in [3.05, 3.63) is 0 Å². The van der Waals surface area contributed by atoms with Gasteiger partial charge in [-0.2, -0.15) is 5.06 Å². The fourth-order valence-electron chi connectivity index (χ4n) is 0.798. The Morgan fingerprint density at radius 1 is 1.82 bits per heavy atom. The lowest BCUT2D eigenvalue weighted by molar-refractivity contribution is -0.214. The first-order chi connectivity index (χ1) is 5.15. The smallest absolute Gasteiger partial charge is 0.329 e. The predicted octanol–water partition coefficient (Wildman–Crippen LogP) is 0.386. The van der Waals surface area contributed by atoms with Gasteiger partial charge in [0.1, 0.15) is 5.37 Å². The molecule has 1 saturated heterocycles. The van der Waals surface area contributed by atoms with E-state index in [0.717, 1.165) is 5.06 Å². The number of hydrogen-bond acceptors (Lipinski definition) is 4. The summed E-state index contributed by atoms with van der Waals surface area (Å²) in [6.07, 6.45) is 2.34. The molecule has 62 valence electrons. The summed E-state index contributed by atoms with van der Waals surface area (Å²) >= 11 is 1.49. The molecule has 1 amide bonds. The van der Waals surface area contributed by atoms with Crippen molar-refractivity contribution < 1.29 is 14.4 Å². The molecule has 0 saturated carbocycles. The molecule has 1 aliphatic rings. The van der Waals surface area contributed by atoms with Gasteiger partial charge < -0.3 is 4.84 Å². The normalized spacial score (nSPS) is 22.9. The first kappa shape index (κ1) is 8.39. The van der Waals surface area contributed by atoms with Gasteiger partial charge >= 0.3 is 5.97 Å². The van der Waals surface area contributed by atoms with Gasteiger partial charge in [-0.05, 0) is 6.26 Å². The summed E-state index contributed by atoms with van der Waals surface area (Å²) in [5, 5.41) is 1.14. The van der Waals surface area contributed by atoms with Crippen LogP contribution in [0.3, 0.4) is 0 Å². The summed E-state index contributed by atoms with van der Waals surface area (Å²) in [5.74, 6) is -0.573. The molecule has 1 heterocycles. The van der Waals surface area contributed by atoms with E-state index in [2.05, 4.69) is 4.84 Å². The van der Waals surface area contributed by atoms with Gasteiger partial charge in [0, 0.05) is 6.92 Å². The van der Waals surface area contributed by atoms with Crippen molar-refractivity contribution in [3.63, 3.8) is 0 Å². The molecule has 0 aliphatic carbocycles.